The topological polar surface area (TPSA) is 61.1 Å². The van der Waals surface area contributed by atoms with E-state index in [2.05, 4.69) is 15.9 Å². The molecule has 4 heteroatoms. The molecule has 3 nitrogen and oxygen atoms in total. The van der Waals surface area contributed by atoms with E-state index in [0.717, 1.165) is 0 Å². The van der Waals surface area contributed by atoms with Crippen LogP contribution < -0.4 is 0 Å². The van der Waals surface area contributed by atoms with Gasteiger partial charge in [0.05, 0.1) is 17.2 Å². The molecule has 0 aliphatic heterocycles. The summed E-state index contributed by atoms with van der Waals surface area (Å²) in [6, 6.07) is 6.49. The van der Waals surface area contributed by atoms with Crippen molar-refractivity contribution in [2.45, 2.75) is 11.8 Å². The highest BCUT2D eigenvalue weighted by Gasteiger charge is 2.11. The first-order valence-corrected chi connectivity index (χ1v) is 4.89. The number of aromatic carboxylic acids is 1. The van der Waals surface area contributed by atoms with E-state index in [9.17, 15) is 4.79 Å². The molecule has 1 rings (SSSR count). The maximum absolute atomic E-state index is 10.7. The van der Waals surface area contributed by atoms with Gasteiger partial charge >= 0.3 is 5.97 Å². The van der Waals surface area contributed by atoms with Crippen molar-refractivity contribution in [3.63, 3.8) is 0 Å². The fourth-order valence-corrected chi connectivity index (χ4v) is 1.51. The van der Waals surface area contributed by atoms with Gasteiger partial charge in [-0.1, -0.05) is 15.9 Å². The summed E-state index contributed by atoms with van der Waals surface area (Å²) in [5, 5.41) is 17.5. The smallest absolute Gasteiger partial charge is 0.335 e. The largest absolute Gasteiger partial charge is 0.478 e. The number of nitriles is 1. The number of carboxylic acids is 1. The minimum absolute atomic E-state index is 0.0311. The molecule has 0 saturated carbocycles. The van der Waals surface area contributed by atoms with Gasteiger partial charge in [0, 0.05) is 4.83 Å². The van der Waals surface area contributed by atoms with Crippen molar-refractivity contribution < 1.29 is 9.90 Å². The van der Waals surface area contributed by atoms with Crippen LogP contribution in [0.1, 0.15) is 33.2 Å². The molecule has 0 radical (unpaired) electrons. The molecule has 72 valence electrons. The Morgan fingerprint density at radius 3 is 2.71 bits per heavy atom. The van der Waals surface area contributed by atoms with Crippen LogP contribution in [0, 0.1) is 11.3 Å². The number of halogens is 1. The Balaban J connectivity index is 3.29. The standard InChI is InChI=1S/C10H8BrNO2/c1-6(11)9-4-7(10(13)14)2-3-8(9)5-12/h2-4,6H,1H3,(H,13,14). The van der Waals surface area contributed by atoms with Crippen LogP contribution in [-0.2, 0) is 0 Å². The van der Waals surface area contributed by atoms with Gasteiger partial charge in [-0.2, -0.15) is 5.26 Å². The number of carbonyl (C=O) groups is 1. The highest BCUT2D eigenvalue weighted by Crippen LogP contribution is 2.25. The second-order valence-electron chi connectivity index (χ2n) is 2.83. The number of benzene rings is 1. The minimum Gasteiger partial charge on any atom is -0.478 e. The Kier molecular flexibility index (Phi) is 3.26. The molecule has 14 heavy (non-hydrogen) atoms. The Morgan fingerprint density at radius 1 is 1.64 bits per heavy atom. The zero-order chi connectivity index (χ0) is 10.7. The van der Waals surface area contributed by atoms with Gasteiger partial charge in [0.25, 0.3) is 0 Å². The summed E-state index contributed by atoms with van der Waals surface area (Å²) >= 11 is 3.31. The second kappa shape index (κ2) is 4.25. The lowest BCUT2D eigenvalue weighted by atomic mass is 10.0. The third-order valence-corrected chi connectivity index (χ3v) is 2.34. The summed E-state index contributed by atoms with van der Waals surface area (Å²) in [4.78, 5) is 10.6. The van der Waals surface area contributed by atoms with Gasteiger partial charge in [0.2, 0.25) is 0 Å². The monoisotopic (exact) mass is 253 g/mol. The van der Waals surface area contributed by atoms with E-state index in [0.29, 0.717) is 11.1 Å². The molecule has 1 N–H and O–H groups in total. The van der Waals surface area contributed by atoms with Crippen LogP contribution in [0.2, 0.25) is 0 Å². The fraction of sp³-hybridized carbons (Fsp3) is 0.200. The number of rotatable bonds is 2. The van der Waals surface area contributed by atoms with Crippen LogP contribution >= 0.6 is 15.9 Å². The molecule has 0 bridgehead atoms. The van der Waals surface area contributed by atoms with Gasteiger partial charge in [-0.05, 0) is 30.7 Å². The van der Waals surface area contributed by atoms with Crippen molar-refractivity contribution in [1.82, 2.24) is 0 Å². The van der Waals surface area contributed by atoms with E-state index in [-0.39, 0.29) is 10.4 Å². The predicted molar refractivity (Wildman–Crippen MR) is 55.5 cm³/mol. The maximum atomic E-state index is 10.7. The van der Waals surface area contributed by atoms with Crippen LogP contribution in [0.25, 0.3) is 0 Å². The molecule has 1 aromatic rings. The van der Waals surface area contributed by atoms with Crippen LogP contribution in [-0.4, -0.2) is 11.1 Å². The number of alkyl halides is 1. The number of hydrogen-bond acceptors (Lipinski definition) is 2. The van der Waals surface area contributed by atoms with Gasteiger partial charge in [-0.25, -0.2) is 4.79 Å². The van der Waals surface area contributed by atoms with E-state index < -0.39 is 5.97 Å². The summed E-state index contributed by atoms with van der Waals surface area (Å²) in [5.74, 6) is -0.983. The molecule has 0 spiro atoms. The van der Waals surface area contributed by atoms with Gasteiger partial charge < -0.3 is 5.11 Å². The van der Waals surface area contributed by atoms with Crippen LogP contribution in [0.4, 0.5) is 0 Å². The summed E-state index contributed by atoms with van der Waals surface area (Å²) in [6.45, 7) is 1.85. The van der Waals surface area contributed by atoms with Crippen molar-refractivity contribution in [1.29, 1.82) is 5.26 Å². The molecule has 0 amide bonds. The van der Waals surface area contributed by atoms with Crippen LogP contribution in [0.15, 0.2) is 18.2 Å². The maximum Gasteiger partial charge on any atom is 0.335 e. The van der Waals surface area contributed by atoms with Crippen molar-refractivity contribution in [3.05, 3.63) is 34.9 Å². The summed E-state index contributed by atoms with van der Waals surface area (Å²) < 4.78 is 0. The fourth-order valence-electron chi connectivity index (χ4n) is 1.13. The lowest BCUT2D eigenvalue weighted by molar-refractivity contribution is 0.0697. The zero-order valence-corrected chi connectivity index (χ0v) is 9.08. The minimum atomic E-state index is -0.983. The normalized spacial score (nSPS) is 11.8. The molecular weight excluding hydrogens is 246 g/mol. The Labute approximate surface area is 90.1 Å². The Bertz CT molecular complexity index is 407. The average Bonchev–Trinajstić information content (AvgIpc) is 2.16. The van der Waals surface area contributed by atoms with Gasteiger partial charge in [0.1, 0.15) is 0 Å². The van der Waals surface area contributed by atoms with Gasteiger partial charge in [-0.3, -0.25) is 0 Å². The van der Waals surface area contributed by atoms with Crippen molar-refractivity contribution >= 4 is 21.9 Å². The van der Waals surface area contributed by atoms with Gasteiger partial charge in [0.15, 0.2) is 0 Å². The van der Waals surface area contributed by atoms with E-state index in [1.807, 2.05) is 13.0 Å². The molecule has 0 aromatic heterocycles. The zero-order valence-electron chi connectivity index (χ0n) is 7.49. The van der Waals surface area contributed by atoms with E-state index in [4.69, 9.17) is 10.4 Å². The van der Waals surface area contributed by atoms with Crippen molar-refractivity contribution in [3.8, 4) is 6.07 Å². The van der Waals surface area contributed by atoms with Crippen molar-refractivity contribution in [2.75, 3.05) is 0 Å². The average molecular weight is 254 g/mol. The SMILES string of the molecule is CC(Br)c1cc(C(=O)O)ccc1C#N. The van der Waals surface area contributed by atoms with Gasteiger partial charge in [-0.15, -0.1) is 0 Å². The third kappa shape index (κ3) is 2.12. The molecular formula is C10H8BrNO2. The first kappa shape index (κ1) is 10.7. The number of nitrogens with zero attached hydrogens (tertiary/aromatic N) is 1. The van der Waals surface area contributed by atoms with Crippen molar-refractivity contribution in [2.24, 2.45) is 0 Å². The summed E-state index contributed by atoms with van der Waals surface area (Å²) in [6.07, 6.45) is 0. The lowest BCUT2D eigenvalue weighted by Gasteiger charge is -2.06. The molecule has 0 saturated heterocycles. The first-order valence-electron chi connectivity index (χ1n) is 3.97. The molecule has 1 aromatic carbocycles. The first-order chi connectivity index (χ1) is 6.56. The molecule has 0 aliphatic rings. The highest BCUT2D eigenvalue weighted by atomic mass is 79.9. The Hall–Kier alpha value is -1.34. The molecule has 0 fully saturated rings. The molecule has 0 aliphatic carbocycles. The number of hydrogen-bond donors (Lipinski definition) is 1. The quantitative estimate of drug-likeness (QED) is 0.825. The van der Waals surface area contributed by atoms with Crippen LogP contribution in [0.3, 0.4) is 0 Å². The Morgan fingerprint density at radius 2 is 2.29 bits per heavy atom. The van der Waals surface area contributed by atoms with Crippen LogP contribution in [0.5, 0.6) is 0 Å². The molecule has 1 unspecified atom stereocenters. The molecule has 1 atom stereocenters. The molecule has 0 heterocycles. The number of carboxylic acid groups (broad SMARTS) is 1. The van der Waals surface area contributed by atoms with E-state index in [1.54, 1.807) is 0 Å². The van der Waals surface area contributed by atoms with E-state index >= 15 is 0 Å². The predicted octanol–water partition coefficient (Wildman–Crippen LogP) is 2.71. The third-order valence-electron chi connectivity index (χ3n) is 1.85. The van der Waals surface area contributed by atoms with E-state index in [1.165, 1.54) is 18.2 Å². The summed E-state index contributed by atoms with van der Waals surface area (Å²) in [7, 11) is 0. The second-order valence-corrected chi connectivity index (χ2v) is 4.21. The summed E-state index contributed by atoms with van der Waals surface area (Å²) in [5.41, 5.74) is 1.40. The highest BCUT2D eigenvalue weighted by molar-refractivity contribution is 9.09. The lowest BCUT2D eigenvalue weighted by Crippen LogP contribution is -1.99.